The summed E-state index contributed by atoms with van der Waals surface area (Å²) in [5.74, 6) is 1.74. The molecule has 0 aliphatic heterocycles. The number of aryl methyl sites for hydroxylation is 1. The number of nitrogens with zero attached hydrogens (tertiary/aromatic N) is 1. The second-order valence-corrected chi connectivity index (χ2v) is 8.31. The molecule has 1 aromatic rings. The predicted octanol–water partition coefficient (Wildman–Crippen LogP) is 3.16. The van der Waals surface area contributed by atoms with Gasteiger partial charge in [0.15, 0.2) is 0 Å². The number of hydrogen-bond acceptors (Lipinski definition) is 2. The molecule has 0 heterocycles. The van der Waals surface area contributed by atoms with Crippen LogP contribution in [0.4, 0.5) is 0 Å². The van der Waals surface area contributed by atoms with Gasteiger partial charge in [-0.05, 0) is 67.9 Å². The normalized spacial score (nSPS) is 35.2. The summed E-state index contributed by atoms with van der Waals surface area (Å²) in [4.78, 5) is 15.2. The fourth-order valence-corrected chi connectivity index (χ4v) is 5.47. The third-order valence-corrected chi connectivity index (χ3v) is 6.98. The fraction of sp³-hybridized carbons (Fsp3) is 0.667. The van der Waals surface area contributed by atoms with Crippen LogP contribution in [0, 0.1) is 17.8 Å². The Morgan fingerprint density at radius 2 is 1.75 bits per heavy atom. The zero-order chi connectivity index (χ0) is 16.7. The van der Waals surface area contributed by atoms with E-state index in [2.05, 4.69) is 29.2 Å². The van der Waals surface area contributed by atoms with Gasteiger partial charge in [-0.15, -0.1) is 0 Å². The molecule has 0 radical (unpaired) electrons. The molecule has 3 heteroatoms. The van der Waals surface area contributed by atoms with Gasteiger partial charge < -0.3 is 10.6 Å². The molecule has 2 bridgehead atoms. The van der Waals surface area contributed by atoms with E-state index in [0.717, 1.165) is 32.1 Å². The monoisotopic (exact) mass is 326 g/mol. The van der Waals surface area contributed by atoms with Gasteiger partial charge in [0.25, 0.3) is 0 Å². The summed E-state index contributed by atoms with van der Waals surface area (Å²) in [6.45, 7) is 0. The molecule has 2 saturated carbocycles. The Kier molecular flexibility index (Phi) is 4.38. The molecule has 1 amide bonds. The molecule has 3 atom stereocenters. The molecule has 3 aliphatic rings. The van der Waals surface area contributed by atoms with Crippen LogP contribution in [0.2, 0.25) is 0 Å². The quantitative estimate of drug-likeness (QED) is 0.907. The summed E-state index contributed by atoms with van der Waals surface area (Å²) in [6.07, 6.45) is 8.99. The number of rotatable bonds is 2. The highest BCUT2D eigenvalue weighted by Gasteiger charge is 2.42. The van der Waals surface area contributed by atoms with Gasteiger partial charge in [-0.25, -0.2) is 0 Å². The first-order chi connectivity index (χ1) is 11.6. The molecule has 3 unspecified atom stereocenters. The molecule has 1 aromatic carbocycles. The molecule has 0 spiro atoms. The molecule has 130 valence electrons. The lowest BCUT2D eigenvalue weighted by atomic mass is 9.65. The van der Waals surface area contributed by atoms with E-state index in [9.17, 15) is 4.79 Å². The number of likely N-dealkylation sites (N-methyl/N-ethyl adjacent to an activating group) is 1. The van der Waals surface area contributed by atoms with E-state index < -0.39 is 0 Å². The van der Waals surface area contributed by atoms with Crippen LogP contribution >= 0.6 is 0 Å². The SMILES string of the molecule is CN(C(=O)C1CC2CCCC(C1)C2N)C1CCc2ccccc2C1. The minimum absolute atomic E-state index is 0.210. The summed E-state index contributed by atoms with van der Waals surface area (Å²) < 4.78 is 0. The molecular weight excluding hydrogens is 296 g/mol. The Bertz CT molecular complexity index is 600. The third-order valence-electron chi connectivity index (χ3n) is 6.98. The topological polar surface area (TPSA) is 46.3 Å². The van der Waals surface area contributed by atoms with Gasteiger partial charge in [0, 0.05) is 25.0 Å². The molecular formula is C21H30N2O. The molecule has 4 rings (SSSR count). The average Bonchev–Trinajstić information content (AvgIpc) is 2.60. The zero-order valence-electron chi connectivity index (χ0n) is 14.8. The van der Waals surface area contributed by atoms with Crippen molar-refractivity contribution in [2.75, 3.05) is 7.05 Å². The van der Waals surface area contributed by atoms with Crippen molar-refractivity contribution in [3.63, 3.8) is 0 Å². The molecule has 3 nitrogen and oxygen atoms in total. The van der Waals surface area contributed by atoms with Gasteiger partial charge in [0.05, 0.1) is 0 Å². The van der Waals surface area contributed by atoms with Gasteiger partial charge in [-0.2, -0.15) is 0 Å². The minimum atomic E-state index is 0.210. The summed E-state index contributed by atoms with van der Waals surface area (Å²) in [7, 11) is 2.03. The number of carbonyl (C=O) groups is 1. The van der Waals surface area contributed by atoms with Crippen LogP contribution in [0.5, 0.6) is 0 Å². The fourth-order valence-electron chi connectivity index (χ4n) is 5.47. The zero-order valence-corrected chi connectivity index (χ0v) is 14.8. The number of benzene rings is 1. The highest BCUT2D eigenvalue weighted by molar-refractivity contribution is 5.79. The Labute approximate surface area is 145 Å². The van der Waals surface area contributed by atoms with Gasteiger partial charge in [0.2, 0.25) is 5.91 Å². The Balaban J connectivity index is 1.43. The Morgan fingerprint density at radius 1 is 1.08 bits per heavy atom. The lowest BCUT2D eigenvalue weighted by Gasteiger charge is -2.45. The second kappa shape index (κ2) is 6.51. The molecule has 2 N–H and O–H groups in total. The van der Waals surface area contributed by atoms with Gasteiger partial charge >= 0.3 is 0 Å². The Hall–Kier alpha value is -1.35. The van der Waals surface area contributed by atoms with Gasteiger partial charge in [0.1, 0.15) is 0 Å². The van der Waals surface area contributed by atoms with E-state index in [1.807, 2.05) is 7.05 Å². The van der Waals surface area contributed by atoms with Crippen LogP contribution < -0.4 is 5.73 Å². The highest BCUT2D eigenvalue weighted by atomic mass is 16.2. The maximum atomic E-state index is 13.1. The van der Waals surface area contributed by atoms with Crippen molar-refractivity contribution in [2.24, 2.45) is 23.5 Å². The first-order valence-electron chi connectivity index (χ1n) is 9.72. The van der Waals surface area contributed by atoms with Gasteiger partial charge in [-0.3, -0.25) is 4.79 Å². The summed E-state index contributed by atoms with van der Waals surface area (Å²) in [5, 5.41) is 0. The van der Waals surface area contributed by atoms with E-state index >= 15 is 0 Å². The largest absolute Gasteiger partial charge is 0.342 e. The van der Waals surface area contributed by atoms with E-state index in [1.165, 1.54) is 30.4 Å². The number of amides is 1. The van der Waals surface area contributed by atoms with E-state index in [0.29, 0.717) is 29.8 Å². The lowest BCUT2D eigenvalue weighted by molar-refractivity contribution is -0.139. The van der Waals surface area contributed by atoms with E-state index in [-0.39, 0.29) is 5.92 Å². The molecule has 0 saturated heterocycles. The highest BCUT2D eigenvalue weighted by Crippen LogP contribution is 2.42. The molecule has 3 aliphatic carbocycles. The van der Waals surface area contributed by atoms with Crippen molar-refractivity contribution in [2.45, 2.75) is 63.5 Å². The minimum Gasteiger partial charge on any atom is -0.342 e. The first-order valence-corrected chi connectivity index (χ1v) is 9.72. The molecule has 2 fully saturated rings. The van der Waals surface area contributed by atoms with Crippen molar-refractivity contribution >= 4 is 5.91 Å². The van der Waals surface area contributed by atoms with Crippen molar-refractivity contribution in [1.82, 2.24) is 4.90 Å². The maximum absolute atomic E-state index is 13.1. The smallest absolute Gasteiger partial charge is 0.225 e. The standard InChI is InChI=1S/C21H30N2O/c1-23(19-10-9-14-5-2-3-6-15(14)13-19)21(24)18-11-16-7-4-8-17(12-18)20(16)22/h2-3,5-6,16-20H,4,7-13,22H2,1H3. The number of carbonyl (C=O) groups excluding carboxylic acids is 1. The van der Waals surface area contributed by atoms with Crippen LogP contribution in [0.1, 0.15) is 49.7 Å². The van der Waals surface area contributed by atoms with Crippen molar-refractivity contribution in [3.05, 3.63) is 35.4 Å². The van der Waals surface area contributed by atoms with Crippen molar-refractivity contribution in [3.8, 4) is 0 Å². The van der Waals surface area contributed by atoms with Crippen LogP contribution in [0.25, 0.3) is 0 Å². The number of nitrogens with two attached hydrogens (primary N) is 1. The second-order valence-electron chi connectivity index (χ2n) is 8.31. The third kappa shape index (κ3) is 2.88. The van der Waals surface area contributed by atoms with Crippen molar-refractivity contribution < 1.29 is 4.79 Å². The van der Waals surface area contributed by atoms with Gasteiger partial charge in [-0.1, -0.05) is 30.7 Å². The number of fused-ring (bicyclic) bond motifs is 3. The predicted molar refractivity (Wildman–Crippen MR) is 96.6 cm³/mol. The van der Waals surface area contributed by atoms with Crippen LogP contribution in [-0.2, 0) is 17.6 Å². The molecule has 24 heavy (non-hydrogen) atoms. The van der Waals surface area contributed by atoms with Crippen molar-refractivity contribution in [1.29, 1.82) is 0 Å². The molecule has 0 aromatic heterocycles. The first kappa shape index (κ1) is 16.1. The van der Waals surface area contributed by atoms with Crippen LogP contribution in [0.3, 0.4) is 0 Å². The van der Waals surface area contributed by atoms with Crippen LogP contribution in [0.15, 0.2) is 24.3 Å². The van der Waals surface area contributed by atoms with E-state index in [4.69, 9.17) is 5.73 Å². The Morgan fingerprint density at radius 3 is 2.46 bits per heavy atom. The average molecular weight is 326 g/mol. The summed E-state index contributed by atoms with van der Waals surface area (Å²) >= 11 is 0. The van der Waals surface area contributed by atoms with E-state index in [1.54, 1.807) is 0 Å². The summed E-state index contributed by atoms with van der Waals surface area (Å²) in [6, 6.07) is 9.41. The summed E-state index contributed by atoms with van der Waals surface area (Å²) in [5.41, 5.74) is 9.29. The number of hydrogen-bond donors (Lipinski definition) is 1. The lowest BCUT2D eigenvalue weighted by Crippen LogP contribution is -2.51. The van der Waals surface area contributed by atoms with Crippen LogP contribution in [-0.4, -0.2) is 29.9 Å². The maximum Gasteiger partial charge on any atom is 0.225 e.